The second kappa shape index (κ2) is 4.40. The van der Waals surface area contributed by atoms with E-state index in [-0.39, 0.29) is 29.1 Å². The number of rotatable bonds is 4. The molecule has 2 bridgehead atoms. The Balaban J connectivity index is 2.26. The minimum Gasteiger partial charge on any atom is -0.478 e. The number of hydrogen-bond acceptors (Lipinski definition) is 3. The first-order valence-electron chi connectivity index (χ1n) is 5.80. The highest BCUT2D eigenvalue weighted by molar-refractivity contribution is 5.97. The highest BCUT2D eigenvalue weighted by atomic mass is 16.4. The van der Waals surface area contributed by atoms with Gasteiger partial charge in [-0.3, -0.25) is 4.79 Å². The van der Waals surface area contributed by atoms with Gasteiger partial charge in [0.25, 0.3) is 0 Å². The summed E-state index contributed by atoms with van der Waals surface area (Å²) >= 11 is 0. The third kappa shape index (κ3) is 2.08. The zero-order valence-corrected chi connectivity index (χ0v) is 9.92. The minimum atomic E-state index is -1.24. The van der Waals surface area contributed by atoms with Gasteiger partial charge in [0.05, 0.1) is 0 Å². The topological polar surface area (TPSA) is 91.7 Å². The van der Waals surface area contributed by atoms with E-state index in [4.69, 9.17) is 10.2 Å². The molecule has 0 radical (unpaired) electrons. The molecule has 0 amide bonds. The standard InChI is InChI=1S/C13H14O5/c1-6(14)9-3-8-2-7(9)4-10(8)11(13(17)18)5-12(15)16/h3,5,7-8,10H,2,4H2,1H3,(H,15,16)(H,17,18). The molecule has 3 unspecified atom stereocenters. The first kappa shape index (κ1) is 12.5. The summed E-state index contributed by atoms with van der Waals surface area (Å²) in [5.41, 5.74) is 0.713. The molecule has 2 N–H and O–H groups in total. The Morgan fingerprint density at radius 2 is 1.94 bits per heavy atom. The first-order valence-corrected chi connectivity index (χ1v) is 5.80. The predicted molar refractivity (Wildman–Crippen MR) is 61.8 cm³/mol. The fourth-order valence-electron chi connectivity index (χ4n) is 3.10. The number of carboxylic acid groups (broad SMARTS) is 2. The molecule has 2 aliphatic carbocycles. The summed E-state index contributed by atoms with van der Waals surface area (Å²) in [6, 6.07) is 0. The number of Topliss-reactive ketones (excluding diaryl/α,β-unsaturated/α-hetero) is 1. The number of ketones is 1. The van der Waals surface area contributed by atoms with E-state index in [1.54, 1.807) is 0 Å². The van der Waals surface area contributed by atoms with Gasteiger partial charge in [-0.05, 0) is 43.1 Å². The van der Waals surface area contributed by atoms with Crippen molar-refractivity contribution in [3.8, 4) is 0 Å². The second-order valence-electron chi connectivity index (χ2n) is 4.86. The molecule has 18 heavy (non-hydrogen) atoms. The Hall–Kier alpha value is -1.91. The Bertz CT molecular complexity index is 486. The van der Waals surface area contributed by atoms with Crippen molar-refractivity contribution in [3.05, 3.63) is 23.3 Å². The number of aliphatic carboxylic acids is 2. The minimum absolute atomic E-state index is 0.0180. The van der Waals surface area contributed by atoms with Crippen LogP contribution in [0.25, 0.3) is 0 Å². The van der Waals surface area contributed by atoms with E-state index in [1.807, 2.05) is 6.08 Å². The van der Waals surface area contributed by atoms with Gasteiger partial charge in [0.1, 0.15) is 0 Å². The van der Waals surface area contributed by atoms with Crippen LogP contribution in [0, 0.1) is 17.8 Å². The van der Waals surface area contributed by atoms with Crippen LogP contribution in [-0.2, 0) is 14.4 Å². The van der Waals surface area contributed by atoms with Gasteiger partial charge in [-0.15, -0.1) is 0 Å². The molecule has 2 aliphatic rings. The third-order valence-electron chi connectivity index (χ3n) is 3.78. The smallest absolute Gasteiger partial charge is 0.332 e. The summed E-state index contributed by atoms with van der Waals surface area (Å²) in [5.74, 6) is -2.62. The first-order chi connectivity index (χ1) is 8.40. The SMILES string of the molecule is CC(=O)C1=CC2CC1CC2C(=CC(=O)O)C(=O)O. The highest BCUT2D eigenvalue weighted by Gasteiger charge is 2.44. The van der Waals surface area contributed by atoms with Crippen molar-refractivity contribution in [3.63, 3.8) is 0 Å². The molecule has 0 aromatic rings. The fraction of sp³-hybridized carbons (Fsp3) is 0.462. The maximum Gasteiger partial charge on any atom is 0.332 e. The molecule has 0 aromatic carbocycles. The number of carbonyl (C=O) groups is 3. The molecule has 3 atom stereocenters. The van der Waals surface area contributed by atoms with Crippen LogP contribution >= 0.6 is 0 Å². The van der Waals surface area contributed by atoms with Crippen LogP contribution < -0.4 is 0 Å². The van der Waals surface area contributed by atoms with Crippen molar-refractivity contribution in [1.29, 1.82) is 0 Å². The van der Waals surface area contributed by atoms with E-state index in [0.29, 0.717) is 6.42 Å². The summed E-state index contributed by atoms with van der Waals surface area (Å²) in [6.45, 7) is 1.51. The van der Waals surface area contributed by atoms with Crippen molar-refractivity contribution in [2.75, 3.05) is 0 Å². The lowest BCUT2D eigenvalue weighted by Gasteiger charge is -2.20. The molecule has 96 valence electrons. The third-order valence-corrected chi connectivity index (χ3v) is 3.78. The molecule has 5 heteroatoms. The number of allylic oxidation sites excluding steroid dienone is 2. The van der Waals surface area contributed by atoms with Crippen molar-refractivity contribution >= 4 is 17.7 Å². The van der Waals surface area contributed by atoms with Gasteiger partial charge < -0.3 is 10.2 Å². The number of hydrogen-bond donors (Lipinski definition) is 2. The van der Waals surface area contributed by atoms with Gasteiger partial charge in [0.2, 0.25) is 0 Å². The van der Waals surface area contributed by atoms with E-state index < -0.39 is 11.9 Å². The summed E-state index contributed by atoms with van der Waals surface area (Å²) in [5, 5.41) is 17.8. The molecule has 2 rings (SSSR count). The molecule has 1 saturated carbocycles. The zero-order valence-electron chi connectivity index (χ0n) is 9.92. The monoisotopic (exact) mass is 250 g/mol. The number of carbonyl (C=O) groups excluding carboxylic acids is 1. The second-order valence-corrected chi connectivity index (χ2v) is 4.86. The van der Waals surface area contributed by atoms with Crippen LogP contribution in [0.15, 0.2) is 23.3 Å². The lowest BCUT2D eigenvalue weighted by molar-refractivity contribution is -0.135. The molecule has 0 spiro atoms. The Labute approximate surface area is 104 Å². The quantitative estimate of drug-likeness (QED) is 0.733. The lowest BCUT2D eigenvalue weighted by Crippen LogP contribution is -2.20. The predicted octanol–water partition coefficient (Wildman–Crippen LogP) is 1.25. The van der Waals surface area contributed by atoms with E-state index >= 15 is 0 Å². The molecule has 1 fully saturated rings. The highest BCUT2D eigenvalue weighted by Crippen LogP contribution is 2.50. The van der Waals surface area contributed by atoms with Gasteiger partial charge in [0, 0.05) is 11.6 Å². The normalized spacial score (nSPS) is 30.2. The largest absolute Gasteiger partial charge is 0.478 e. The van der Waals surface area contributed by atoms with Crippen LogP contribution in [0.5, 0.6) is 0 Å². The van der Waals surface area contributed by atoms with Crippen LogP contribution in [0.4, 0.5) is 0 Å². The van der Waals surface area contributed by atoms with Crippen molar-refractivity contribution in [2.45, 2.75) is 19.8 Å². The van der Waals surface area contributed by atoms with E-state index in [9.17, 15) is 14.4 Å². The van der Waals surface area contributed by atoms with Crippen molar-refractivity contribution in [2.24, 2.45) is 17.8 Å². The molecule has 5 nitrogen and oxygen atoms in total. The van der Waals surface area contributed by atoms with Crippen LogP contribution in [0.3, 0.4) is 0 Å². The van der Waals surface area contributed by atoms with Gasteiger partial charge in [0.15, 0.2) is 5.78 Å². The van der Waals surface area contributed by atoms with Gasteiger partial charge >= 0.3 is 11.9 Å². The van der Waals surface area contributed by atoms with Gasteiger partial charge in [-0.2, -0.15) is 0 Å². The summed E-state index contributed by atoms with van der Waals surface area (Å²) in [4.78, 5) is 33.1. The van der Waals surface area contributed by atoms with Gasteiger partial charge in [-0.1, -0.05) is 6.08 Å². The van der Waals surface area contributed by atoms with E-state index in [1.165, 1.54) is 6.92 Å². The fourth-order valence-corrected chi connectivity index (χ4v) is 3.10. The molecular weight excluding hydrogens is 236 g/mol. The maximum absolute atomic E-state index is 11.3. The Morgan fingerprint density at radius 1 is 1.28 bits per heavy atom. The van der Waals surface area contributed by atoms with E-state index in [2.05, 4.69) is 0 Å². The molecule has 0 aromatic heterocycles. The summed E-state index contributed by atoms with van der Waals surface area (Å²) in [7, 11) is 0. The summed E-state index contributed by atoms with van der Waals surface area (Å²) < 4.78 is 0. The lowest BCUT2D eigenvalue weighted by atomic mass is 9.83. The Kier molecular flexibility index (Phi) is 3.07. The van der Waals surface area contributed by atoms with Crippen LogP contribution in [-0.4, -0.2) is 27.9 Å². The molecule has 0 heterocycles. The molecule has 0 saturated heterocycles. The average molecular weight is 250 g/mol. The van der Waals surface area contributed by atoms with Gasteiger partial charge in [-0.25, -0.2) is 9.59 Å². The molecule has 0 aliphatic heterocycles. The zero-order chi connectivity index (χ0) is 13.4. The number of fused-ring (bicyclic) bond motifs is 2. The van der Waals surface area contributed by atoms with Crippen molar-refractivity contribution < 1.29 is 24.6 Å². The molecular formula is C13H14O5. The van der Waals surface area contributed by atoms with Crippen LogP contribution in [0.2, 0.25) is 0 Å². The Morgan fingerprint density at radius 3 is 2.33 bits per heavy atom. The van der Waals surface area contributed by atoms with Crippen LogP contribution in [0.1, 0.15) is 19.8 Å². The van der Waals surface area contributed by atoms with Crippen molar-refractivity contribution in [1.82, 2.24) is 0 Å². The van der Waals surface area contributed by atoms with E-state index in [0.717, 1.165) is 18.1 Å². The average Bonchev–Trinajstić information content (AvgIpc) is 2.83. The number of carboxylic acids is 2. The maximum atomic E-state index is 11.3. The summed E-state index contributed by atoms with van der Waals surface area (Å²) in [6.07, 6.45) is 3.90.